The molecule has 6 amide bonds. The molecule has 0 saturated carbocycles. The lowest BCUT2D eigenvalue weighted by atomic mass is 10.4. The summed E-state index contributed by atoms with van der Waals surface area (Å²) < 4.78 is 26.8. The standard InChI is InChI=1S/C31H60N8O11/c1-25(48-22-23-50-31(45)37-11-17-39(14-8-34-28(4)42)15-9-35-29(5)43)24-47-19-18-46-20-21-49-30(44)36-10-16-38(12-6-32-26(2)40)13-7-33-27(3)41/h25H,6-24H2,1-5H3,(H,32,40)(H,33,41)(H,34,42)(H,35,43)(H,36,44)(H,37,45). The summed E-state index contributed by atoms with van der Waals surface area (Å²) in [5.41, 5.74) is 0. The van der Waals surface area contributed by atoms with Gasteiger partial charge >= 0.3 is 12.2 Å². The molecule has 0 aromatic carbocycles. The third kappa shape index (κ3) is 32.8. The summed E-state index contributed by atoms with van der Waals surface area (Å²) in [5, 5.41) is 16.2. The average Bonchev–Trinajstić information content (AvgIpc) is 3.03. The summed E-state index contributed by atoms with van der Waals surface area (Å²) in [6.45, 7) is 14.8. The Morgan fingerprint density at radius 1 is 0.460 bits per heavy atom. The first-order chi connectivity index (χ1) is 23.9. The van der Waals surface area contributed by atoms with E-state index in [4.69, 9.17) is 23.7 Å². The zero-order chi connectivity index (χ0) is 37.4. The predicted octanol–water partition coefficient (Wildman–Crippen LogP) is -1.97. The number of nitrogens with zero attached hydrogens (tertiary/aromatic N) is 2. The SMILES string of the molecule is CC(=O)NCCN(CCNC(C)=O)CCNC(=O)OCCOCCOCC(C)OCCOC(=O)NCCN(CCNC(C)=O)CCNC(C)=O. The van der Waals surface area contributed by atoms with Crippen molar-refractivity contribution in [2.45, 2.75) is 40.7 Å². The van der Waals surface area contributed by atoms with Crippen LogP contribution in [0.25, 0.3) is 0 Å². The topological polar surface area (TPSA) is 227 Å². The van der Waals surface area contributed by atoms with Crippen LogP contribution in [0, 0.1) is 0 Å². The van der Waals surface area contributed by atoms with E-state index in [1.807, 2.05) is 16.7 Å². The fourth-order valence-electron chi connectivity index (χ4n) is 4.06. The van der Waals surface area contributed by atoms with Crippen molar-refractivity contribution in [1.29, 1.82) is 0 Å². The first kappa shape index (κ1) is 46.2. The van der Waals surface area contributed by atoms with E-state index in [2.05, 4.69) is 31.9 Å². The maximum Gasteiger partial charge on any atom is 0.407 e. The fourth-order valence-corrected chi connectivity index (χ4v) is 4.06. The van der Waals surface area contributed by atoms with Gasteiger partial charge in [-0.3, -0.25) is 29.0 Å². The van der Waals surface area contributed by atoms with E-state index in [1.54, 1.807) is 0 Å². The van der Waals surface area contributed by atoms with Crippen LogP contribution in [0.2, 0.25) is 0 Å². The van der Waals surface area contributed by atoms with Gasteiger partial charge in [0.1, 0.15) is 13.2 Å². The van der Waals surface area contributed by atoms with Crippen LogP contribution in [0.1, 0.15) is 34.6 Å². The molecule has 0 fully saturated rings. The van der Waals surface area contributed by atoms with Crippen molar-refractivity contribution >= 4 is 35.8 Å². The van der Waals surface area contributed by atoms with E-state index < -0.39 is 12.2 Å². The maximum absolute atomic E-state index is 12.0. The van der Waals surface area contributed by atoms with Crippen LogP contribution in [0.15, 0.2) is 0 Å². The highest BCUT2D eigenvalue weighted by Gasteiger charge is 2.10. The van der Waals surface area contributed by atoms with Gasteiger partial charge in [-0.05, 0) is 6.92 Å². The highest BCUT2D eigenvalue weighted by atomic mass is 16.6. The molecule has 1 unspecified atom stereocenters. The van der Waals surface area contributed by atoms with Gasteiger partial charge in [0.25, 0.3) is 0 Å². The van der Waals surface area contributed by atoms with Crippen molar-refractivity contribution in [1.82, 2.24) is 41.7 Å². The second-order valence-electron chi connectivity index (χ2n) is 11.1. The molecule has 19 nitrogen and oxygen atoms in total. The summed E-state index contributed by atoms with van der Waals surface area (Å²) in [6, 6.07) is 0. The van der Waals surface area contributed by atoms with E-state index in [9.17, 15) is 28.8 Å². The van der Waals surface area contributed by atoms with Crippen molar-refractivity contribution in [2.75, 3.05) is 125 Å². The number of nitrogens with one attached hydrogen (secondary N) is 6. The molecule has 0 rings (SSSR count). The van der Waals surface area contributed by atoms with Gasteiger partial charge in [0.2, 0.25) is 23.6 Å². The van der Waals surface area contributed by atoms with Crippen LogP contribution in [-0.2, 0) is 42.9 Å². The molecule has 0 aliphatic carbocycles. The Morgan fingerprint density at radius 2 is 0.780 bits per heavy atom. The van der Waals surface area contributed by atoms with E-state index in [-0.39, 0.29) is 56.2 Å². The maximum atomic E-state index is 12.0. The number of ether oxygens (including phenoxy) is 5. The Hall–Kier alpha value is -3.78. The zero-order valence-electron chi connectivity index (χ0n) is 30.4. The van der Waals surface area contributed by atoms with Gasteiger partial charge < -0.3 is 55.6 Å². The molecule has 50 heavy (non-hydrogen) atoms. The van der Waals surface area contributed by atoms with E-state index >= 15 is 0 Å². The van der Waals surface area contributed by atoms with Crippen LogP contribution in [0.4, 0.5) is 9.59 Å². The van der Waals surface area contributed by atoms with Gasteiger partial charge in [-0.15, -0.1) is 0 Å². The molecular weight excluding hydrogens is 660 g/mol. The van der Waals surface area contributed by atoms with Crippen molar-refractivity contribution in [3.63, 3.8) is 0 Å². The molecule has 6 N–H and O–H groups in total. The quantitative estimate of drug-likeness (QED) is 0.0443. The van der Waals surface area contributed by atoms with Crippen molar-refractivity contribution in [3.8, 4) is 0 Å². The minimum atomic E-state index is -0.572. The number of amides is 6. The molecule has 0 spiro atoms. The lowest BCUT2D eigenvalue weighted by Crippen LogP contribution is -2.42. The smallest absolute Gasteiger partial charge is 0.407 e. The summed E-state index contributed by atoms with van der Waals surface area (Å²) in [6.07, 6.45) is -1.38. The second kappa shape index (κ2) is 31.2. The summed E-state index contributed by atoms with van der Waals surface area (Å²) in [5.74, 6) is -0.501. The molecule has 0 aromatic rings. The minimum Gasteiger partial charge on any atom is -0.447 e. The molecule has 0 aliphatic rings. The number of hydrogen-bond donors (Lipinski definition) is 6. The van der Waals surface area contributed by atoms with Crippen LogP contribution in [0.3, 0.4) is 0 Å². The van der Waals surface area contributed by atoms with Crippen molar-refractivity contribution in [3.05, 3.63) is 0 Å². The van der Waals surface area contributed by atoms with Crippen LogP contribution >= 0.6 is 0 Å². The normalized spacial score (nSPS) is 11.4. The van der Waals surface area contributed by atoms with Gasteiger partial charge in [0.05, 0.1) is 39.1 Å². The highest BCUT2D eigenvalue weighted by Crippen LogP contribution is 1.94. The van der Waals surface area contributed by atoms with Gasteiger partial charge in [0.15, 0.2) is 0 Å². The van der Waals surface area contributed by atoms with Crippen LogP contribution in [-0.4, -0.2) is 177 Å². The van der Waals surface area contributed by atoms with E-state index in [0.29, 0.717) is 98.4 Å². The fraction of sp³-hybridized carbons (Fsp3) is 0.806. The molecule has 0 bridgehead atoms. The molecule has 0 aromatic heterocycles. The Morgan fingerprint density at radius 3 is 1.16 bits per heavy atom. The molecule has 0 saturated heterocycles. The largest absolute Gasteiger partial charge is 0.447 e. The molecule has 0 aliphatic heterocycles. The predicted molar refractivity (Wildman–Crippen MR) is 183 cm³/mol. The number of carbonyl (C=O) groups is 6. The highest BCUT2D eigenvalue weighted by molar-refractivity contribution is 5.73. The Balaban J connectivity index is 3.88. The summed E-state index contributed by atoms with van der Waals surface area (Å²) in [4.78, 5) is 72.4. The number of alkyl carbamates (subject to hydrolysis) is 2. The van der Waals surface area contributed by atoms with Crippen molar-refractivity contribution in [2.24, 2.45) is 0 Å². The number of rotatable bonds is 30. The monoisotopic (exact) mass is 720 g/mol. The molecule has 0 heterocycles. The zero-order valence-corrected chi connectivity index (χ0v) is 30.4. The molecule has 1 atom stereocenters. The number of carbonyl (C=O) groups excluding carboxylic acids is 6. The molecular formula is C31H60N8O11. The van der Waals surface area contributed by atoms with Crippen LogP contribution in [0.5, 0.6) is 0 Å². The third-order valence-corrected chi connectivity index (χ3v) is 6.51. The van der Waals surface area contributed by atoms with Crippen molar-refractivity contribution < 1.29 is 52.5 Å². The second-order valence-corrected chi connectivity index (χ2v) is 11.1. The minimum absolute atomic E-state index is 0.0666. The summed E-state index contributed by atoms with van der Waals surface area (Å²) >= 11 is 0. The molecule has 19 heteroatoms. The Kier molecular flexibility index (Phi) is 28.9. The van der Waals surface area contributed by atoms with Gasteiger partial charge in [-0.25, -0.2) is 9.59 Å². The first-order valence-corrected chi connectivity index (χ1v) is 16.9. The van der Waals surface area contributed by atoms with Crippen LogP contribution < -0.4 is 31.9 Å². The third-order valence-electron chi connectivity index (χ3n) is 6.51. The van der Waals surface area contributed by atoms with Gasteiger partial charge in [0, 0.05) is 106 Å². The molecule has 290 valence electrons. The average molecular weight is 721 g/mol. The van der Waals surface area contributed by atoms with E-state index in [1.165, 1.54) is 27.7 Å². The number of hydrogen-bond acceptors (Lipinski definition) is 13. The lowest BCUT2D eigenvalue weighted by Gasteiger charge is -2.22. The Bertz CT molecular complexity index is 937. The first-order valence-electron chi connectivity index (χ1n) is 16.9. The van der Waals surface area contributed by atoms with Gasteiger partial charge in [-0.1, -0.05) is 0 Å². The molecule has 0 radical (unpaired) electrons. The summed E-state index contributed by atoms with van der Waals surface area (Å²) in [7, 11) is 0. The van der Waals surface area contributed by atoms with Gasteiger partial charge in [-0.2, -0.15) is 0 Å². The Labute approximate surface area is 295 Å². The van der Waals surface area contributed by atoms with E-state index in [0.717, 1.165) is 0 Å². The lowest BCUT2D eigenvalue weighted by molar-refractivity contribution is -0.120.